The molecule has 0 amide bonds. The molecule has 2 unspecified atom stereocenters. The molecule has 0 aromatic carbocycles. The lowest BCUT2D eigenvalue weighted by molar-refractivity contribution is 0.338. The molecule has 3 aliphatic rings. The Kier molecular flexibility index (Phi) is 3.61. The average molecular weight is 245 g/mol. The van der Waals surface area contributed by atoms with Crippen molar-refractivity contribution >= 4 is 0 Å². The molecular weight excluding hydrogens is 218 g/mol. The lowest BCUT2D eigenvalue weighted by Crippen LogP contribution is -2.24. The Morgan fingerprint density at radius 3 is 2.89 bits per heavy atom. The van der Waals surface area contributed by atoms with Crippen molar-refractivity contribution in [2.45, 2.75) is 52.4 Å². The van der Waals surface area contributed by atoms with Crippen LogP contribution in [0.3, 0.4) is 0 Å². The molecule has 1 aliphatic heterocycles. The van der Waals surface area contributed by atoms with E-state index in [9.17, 15) is 0 Å². The van der Waals surface area contributed by atoms with Crippen LogP contribution >= 0.6 is 0 Å². The van der Waals surface area contributed by atoms with E-state index >= 15 is 0 Å². The van der Waals surface area contributed by atoms with Crippen LogP contribution in [0.2, 0.25) is 0 Å². The van der Waals surface area contributed by atoms with Crippen LogP contribution in [-0.4, -0.2) is 24.5 Å². The van der Waals surface area contributed by atoms with Gasteiger partial charge in [-0.3, -0.25) is 0 Å². The highest BCUT2D eigenvalue weighted by atomic mass is 15.1. The molecule has 0 spiro atoms. The zero-order valence-corrected chi connectivity index (χ0v) is 12.0. The van der Waals surface area contributed by atoms with Gasteiger partial charge in [-0.15, -0.1) is 0 Å². The molecule has 100 valence electrons. The Bertz CT molecular complexity index is 377. The second-order valence-corrected chi connectivity index (χ2v) is 6.29. The summed E-state index contributed by atoms with van der Waals surface area (Å²) in [6.45, 7) is 8.57. The van der Waals surface area contributed by atoms with Gasteiger partial charge in [0.15, 0.2) is 0 Å². The largest absolute Gasteiger partial charge is 0.303 e. The van der Waals surface area contributed by atoms with Crippen molar-refractivity contribution in [3.63, 3.8) is 0 Å². The minimum Gasteiger partial charge on any atom is -0.303 e. The Balaban J connectivity index is 1.88. The lowest BCUT2D eigenvalue weighted by Gasteiger charge is -2.34. The smallest absolute Gasteiger partial charge is 0.00535 e. The zero-order valence-electron chi connectivity index (χ0n) is 12.0. The summed E-state index contributed by atoms with van der Waals surface area (Å²) in [7, 11) is 0. The van der Waals surface area contributed by atoms with Crippen molar-refractivity contribution in [2.75, 3.05) is 19.6 Å². The first-order chi connectivity index (χ1) is 8.83. The van der Waals surface area contributed by atoms with Gasteiger partial charge >= 0.3 is 0 Å². The summed E-state index contributed by atoms with van der Waals surface area (Å²) in [5.41, 5.74) is 5.39. The summed E-state index contributed by atoms with van der Waals surface area (Å²) in [6.07, 6.45) is 10.7. The highest BCUT2D eigenvalue weighted by Crippen LogP contribution is 2.46. The summed E-state index contributed by atoms with van der Waals surface area (Å²) in [5.74, 6) is 1.84. The first-order valence-electron chi connectivity index (χ1n) is 7.97. The summed E-state index contributed by atoms with van der Waals surface area (Å²) in [6, 6.07) is 0. The molecule has 2 atom stereocenters. The van der Waals surface area contributed by atoms with Crippen molar-refractivity contribution in [1.82, 2.24) is 4.90 Å². The number of allylic oxidation sites excluding steroid dienone is 3. The monoisotopic (exact) mass is 245 g/mol. The zero-order chi connectivity index (χ0) is 12.5. The number of hydrogen-bond acceptors (Lipinski definition) is 1. The maximum atomic E-state index is 2.67. The normalized spacial score (nSPS) is 32.2. The Morgan fingerprint density at radius 1 is 1.22 bits per heavy atom. The number of nitrogens with zero attached hydrogens (tertiary/aromatic N) is 1. The highest BCUT2D eigenvalue weighted by Gasteiger charge is 2.39. The molecule has 0 radical (unpaired) electrons. The van der Waals surface area contributed by atoms with Crippen molar-refractivity contribution in [3.05, 3.63) is 22.8 Å². The third-order valence-corrected chi connectivity index (χ3v) is 5.23. The van der Waals surface area contributed by atoms with Gasteiger partial charge in [-0.25, -0.2) is 0 Å². The average Bonchev–Trinajstić information content (AvgIpc) is 2.82. The van der Waals surface area contributed by atoms with Gasteiger partial charge in [0, 0.05) is 19.0 Å². The van der Waals surface area contributed by atoms with Gasteiger partial charge in [0.05, 0.1) is 0 Å². The van der Waals surface area contributed by atoms with Gasteiger partial charge in [-0.2, -0.15) is 0 Å². The first kappa shape index (κ1) is 12.5. The fourth-order valence-corrected chi connectivity index (χ4v) is 4.36. The highest BCUT2D eigenvalue weighted by molar-refractivity contribution is 5.43. The molecule has 18 heavy (non-hydrogen) atoms. The van der Waals surface area contributed by atoms with Crippen molar-refractivity contribution in [3.8, 4) is 0 Å². The molecule has 1 nitrogen and oxygen atoms in total. The van der Waals surface area contributed by atoms with Crippen LogP contribution in [-0.2, 0) is 0 Å². The Labute approximate surface area is 112 Å². The molecule has 3 rings (SSSR count). The number of likely N-dealkylation sites (tertiary alicyclic amines) is 1. The van der Waals surface area contributed by atoms with Gasteiger partial charge in [0.1, 0.15) is 0 Å². The van der Waals surface area contributed by atoms with E-state index < -0.39 is 0 Å². The summed E-state index contributed by atoms with van der Waals surface area (Å²) in [5, 5.41) is 0. The molecule has 0 saturated carbocycles. The SMILES string of the molecule is CCCC1=CCCC2=C1C1CN(CC)CC1CC2. The number of hydrogen-bond donors (Lipinski definition) is 0. The molecule has 0 N–H and O–H groups in total. The van der Waals surface area contributed by atoms with Crippen molar-refractivity contribution in [1.29, 1.82) is 0 Å². The van der Waals surface area contributed by atoms with E-state index in [1.165, 1.54) is 58.2 Å². The third kappa shape index (κ3) is 2.07. The van der Waals surface area contributed by atoms with Gasteiger partial charge < -0.3 is 4.90 Å². The van der Waals surface area contributed by atoms with Crippen LogP contribution in [0.4, 0.5) is 0 Å². The second kappa shape index (κ2) is 5.21. The number of rotatable bonds is 3. The summed E-state index contributed by atoms with van der Waals surface area (Å²) in [4.78, 5) is 2.67. The fraction of sp³-hybridized carbons (Fsp3) is 0.765. The van der Waals surface area contributed by atoms with E-state index in [1.54, 1.807) is 5.57 Å². The number of fused-ring (bicyclic) bond motifs is 2. The van der Waals surface area contributed by atoms with Gasteiger partial charge in [-0.05, 0) is 55.7 Å². The van der Waals surface area contributed by atoms with Crippen LogP contribution in [0.25, 0.3) is 0 Å². The molecule has 1 heterocycles. The topological polar surface area (TPSA) is 3.24 Å². The standard InChI is InChI=1S/C17H27N/c1-3-6-13-7-5-8-14-9-10-15-11-18(4-2)12-16(15)17(13)14/h7,15-16H,3-6,8-12H2,1-2H3. The second-order valence-electron chi connectivity index (χ2n) is 6.29. The molecule has 0 aromatic rings. The molecular formula is C17H27N. The minimum atomic E-state index is 0.881. The van der Waals surface area contributed by atoms with Crippen LogP contribution in [0.15, 0.2) is 22.8 Å². The van der Waals surface area contributed by atoms with E-state index in [2.05, 4.69) is 24.8 Å². The molecule has 1 fully saturated rings. The first-order valence-corrected chi connectivity index (χ1v) is 7.97. The van der Waals surface area contributed by atoms with Crippen LogP contribution < -0.4 is 0 Å². The fourth-order valence-electron chi connectivity index (χ4n) is 4.36. The maximum absolute atomic E-state index is 2.67. The van der Waals surface area contributed by atoms with E-state index in [4.69, 9.17) is 0 Å². The maximum Gasteiger partial charge on any atom is 0.00535 e. The Hall–Kier alpha value is -0.560. The third-order valence-electron chi connectivity index (χ3n) is 5.23. The molecule has 1 saturated heterocycles. The lowest BCUT2D eigenvalue weighted by atomic mass is 9.70. The van der Waals surface area contributed by atoms with E-state index in [-0.39, 0.29) is 0 Å². The molecule has 0 bridgehead atoms. The van der Waals surface area contributed by atoms with Gasteiger partial charge in [0.25, 0.3) is 0 Å². The Morgan fingerprint density at radius 2 is 2.11 bits per heavy atom. The van der Waals surface area contributed by atoms with E-state index in [0.29, 0.717) is 0 Å². The summed E-state index contributed by atoms with van der Waals surface area (Å²) < 4.78 is 0. The van der Waals surface area contributed by atoms with Crippen molar-refractivity contribution in [2.24, 2.45) is 11.8 Å². The predicted molar refractivity (Wildman–Crippen MR) is 77.6 cm³/mol. The summed E-state index contributed by atoms with van der Waals surface area (Å²) >= 11 is 0. The molecule has 1 heteroatoms. The predicted octanol–water partition coefficient (Wildman–Crippen LogP) is 4.17. The quantitative estimate of drug-likeness (QED) is 0.721. The molecule has 2 aliphatic carbocycles. The van der Waals surface area contributed by atoms with Crippen LogP contribution in [0, 0.1) is 11.8 Å². The van der Waals surface area contributed by atoms with Crippen molar-refractivity contribution < 1.29 is 0 Å². The van der Waals surface area contributed by atoms with Crippen LogP contribution in [0.5, 0.6) is 0 Å². The van der Waals surface area contributed by atoms with E-state index in [0.717, 1.165) is 11.8 Å². The van der Waals surface area contributed by atoms with Gasteiger partial charge in [0.2, 0.25) is 0 Å². The van der Waals surface area contributed by atoms with E-state index in [1.807, 2.05) is 11.1 Å². The molecule has 0 aromatic heterocycles. The van der Waals surface area contributed by atoms with Crippen LogP contribution in [0.1, 0.15) is 52.4 Å². The minimum absolute atomic E-state index is 0.881. The van der Waals surface area contributed by atoms with Gasteiger partial charge in [-0.1, -0.05) is 31.9 Å².